The monoisotopic (exact) mass is 370 g/mol. The largest absolute Gasteiger partial charge is 0.345 e. The van der Waals surface area contributed by atoms with Crippen molar-refractivity contribution in [2.45, 2.75) is 43.6 Å². The third kappa shape index (κ3) is 3.68. The minimum atomic E-state index is -2.89. The van der Waals surface area contributed by atoms with Gasteiger partial charge in [-0.15, -0.1) is 0 Å². The predicted molar refractivity (Wildman–Crippen MR) is 87.6 cm³/mol. The average Bonchev–Trinajstić information content (AvgIpc) is 3.34. The molecule has 1 saturated carbocycles. The molecule has 2 atom stereocenters. The lowest BCUT2D eigenvalue weighted by molar-refractivity contribution is -0.134. The molecule has 9 heteroatoms. The molecule has 1 heterocycles. The standard InChI is InChI=1S/C17H21F3N4O2/c1-24(2)16-21-12(8-13(25)22-16)15(26)23-17(5-6-17)9-3-4-10(14(19)20)11(18)7-9/h3-4,7,12,14,16,21H,5-6,8H2,1-2H3,(H,22,25)(H,23,26). The molecule has 1 aromatic carbocycles. The molecule has 6 nitrogen and oxygen atoms in total. The van der Waals surface area contributed by atoms with E-state index in [1.807, 2.05) is 0 Å². The van der Waals surface area contributed by atoms with Crippen LogP contribution in [0.5, 0.6) is 0 Å². The molecule has 1 aliphatic heterocycles. The molecule has 1 aliphatic carbocycles. The van der Waals surface area contributed by atoms with Gasteiger partial charge in [0.05, 0.1) is 23.6 Å². The minimum Gasteiger partial charge on any atom is -0.345 e. The van der Waals surface area contributed by atoms with Crippen molar-refractivity contribution in [2.75, 3.05) is 14.1 Å². The van der Waals surface area contributed by atoms with E-state index < -0.39 is 35.7 Å². The van der Waals surface area contributed by atoms with Crippen LogP contribution in [-0.2, 0) is 15.1 Å². The first kappa shape index (κ1) is 18.7. The number of rotatable bonds is 5. The number of hydrogen-bond acceptors (Lipinski definition) is 4. The van der Waals surface area contributed by atoms with Crippen LogP contribution in [0.2, 0.25) is 0 Å². The smallest absolute Gasteiger partial charge is 0.266 e. The Balaban J connectivity index is 1.73. The van der Waals surface area contributed by atoms with Crippen molar-refractivity contribution < 1.29 is 22.8 Å². The van der Waals surface area contributed by atoms with Gasteiger partial charge in [-0.1, -0.05) is 12.1 Å². The Bertz CT molecular complexity index is 722. The van der Waals surface area contributed by atoms with Crippen LogP contribution in [-0.4, -0.2) is 43.1 Å². The summed E-state index contributed by atoms with van der Waals surface area (Å²) in [6.45, 7) is 0. The summed E-state index contributed by atoms with van der Waals surface area (Å²) in [5, 5.41) is 8.59. The molecule has 2 aliphatic rings. The van der Waals surface area contributed by atoms with Crippen LogP contribution in [0.25, 0.3) is 0 Å². The fourth-order valence-corrected chi connectivity index (χ4v) is 3.07. The molecule has 0 bridgehead atoms. The van der Waals surface area contributed by atoms with Gasteiger partial charge in [-0.2, -0.15) is 0 Å². The summed E-state index contributed by atoms with van der Waals surface area (Å²) < 4.78 is 39.3. The van der Waals surface area contributed by atoms with Crippen molar-refractivity contribution in [3.05, 3.63) is 35.1 Å². The zero-order chi connectivity index (χ0) is 19.1. The molecular formula is C17H21F3N4O2. The zero-order valence-corrected chi connectivity index (χ0v) is 14.5. The van der Waals surface area contributed by atoms with Gasteiger partial charge >= 0.3 is 0 Å². The second-order valence-electron chi connectivity index (χ2n) is 6.97. The fourth-order valence-electron chi connectivity index (χ4n) is 3.07. The number of halogens is 3. The molecular weight excluding hydrogens is 349 g/mol. The van der Waals surface area contributed by atoms with E-state index in [0.717, 1.165) is 12.1 Å². The molecule has 0 radical (unpaired) electrons. The van der Waals surface area contributed by atoms with Crippen LogP contribution in [0, 0.1) is 5.82 Å². The van der Waals surface area contributed by atoms with Crippen molar-refractivity contribution in [3.8, 4) is 0 Å². The highest BCUT2D eigenvalue weighted by molar-refractivity contribution is 5.90. The Kier molecular flexibility index (Phi) is 4.94. The molecule has 3 N–H and O–H groups in total. The van der Waals surface area contributed by atoms with E-state index in [1.165, 1.54) is 6.07 Å². The van der Waals surface area contributed by atoms with Gasteiger partial charge in [0.2, 0.25) is 11.8 Å². The first-order chi connectivity index (χ1) is 12.2. The lowest BCUT2D eigenvalue weighted by atomic mass is 10.0. The van der Waals surface area contributed by atoms with E-state index in [-0.39, 0.29) is 18.2 Å². The van der Waals surface area contributed by atoms with Crippen LogP contribution >= 0.6 is 0 Å². The number of carbonyl (C=O) groups excluding carboxylic acids is 2. The highest BCUT2D eigenvalue weighted by atomic mass is 19.3. The third-order valence-electron chi connectivity index (χ3n) is 4.78. The van der Waals surface area contributed by atoms with Crippen LogP contribution in [0.1, 0.15) is 36.8 Å². The topological polar surface area (TPSA) is 73.5 Å². The maximum Gasteiger partial charge on any atom is 0.266 e. The second kappa shape index (κ2) is 6.88. The Morgan fingerprint density at radius 2 is 2.04 bits per heavy atom. The lowest BCUT2D eigenvalue weighted by Crippen LogP contribution is -2.65. The van der Waals surface area contributed by atoms with Gasteiger partial charge in [0.15, 0.2) is 0 Å². The average molecular weight is 370 g/mol. The third-order valence-corrected chi connectivity index (χ3v) is 4.78. The molecule has 142 valence electrons. The number of nitrogens with one attached hydrogen (secondary N) is 3. The van der Waals surface area contributed by atoms with E-state index in [9.17, 15) is 22.8 Å². The maximum atomic E-state index is 13.9. The molecule has 1 aromatic rings. The summed E-state index contributed by atoms with van der Waals surface area (Å²) in [7, 11) is 3.52. The summed E-state index contributed by atoms with van der Waals surface area (Å²) in [6.07, 6.45) is -2.19. The molecule has 0 aromatic heterocycles. The van der Waals surface area contributed by atoms with Gasteiger partial charge in [0, 0.05) is 0 Å². The molecule has 1 saturated heterocycles. The first-order valence-electron chi connectivity index (χ1n) is 8.34. The quantitative estimate of drug-likeness (QED) is 0.728. The Morgan fingerprint density at radius 1 is 1.35 bits per heavy atom. The van der Waals surface area contributed by atoms with Crippen molar-refractivity contribution in [2.24, 2.45) is 0 Å². The molecule has 3 rings (SSSR count). The number of nitrogens with zero attached hydrogens (tertiary/aromatic N) is 1. The van der Waals surface area contributed by atoms with E-state index in [4.69, 9.17) is 0 Å². The van der Waals surface area contributed by atoms with Crippen molar-refractivity contribution in [1.29, 1.82) is 0 Å². The van der Waals surface area contributed by atoms with Gasteiger partial charge in [-0.05, 0) is 38.6 Å². The molecule has 2 unspecified atom stereocenters. The van der Waals surface area contributed by atoms with Crippen molar-refractivity contribution >= 4 is 11.8 Å². The number of alkyl halides is 2. The van der Waals surface area contributed by atoms with E-state index in [0.29, 0.717) is 18.4 Å². The van der Waals surface area contributed by atoms with Crippen LogP contribution < -0.4 is 16.0 Å². The first-order valence-corrected chi connectivity index (χ1v) is 8.34. The number of carbonyl (C=O) groups is 2. The number of amides is 2. The summed E-state index contributed by atoms with van der Waals surface area (Å²) in [6, 6.07) is 2.80. The van der Waals surface area contributed by atoms with E-state index in [1.54, 1.807) is 19.0 Å². The second-order valence-corrected chi connectivity index (χ2v) is 6.97. The molecule has 2 amide bonds. The van der Waals surface area contributed by atoms with Crippen molar-refractivity contribution in [1.82, 2.24) is 20.9 Å². The summed E-state index contributed by atoms with van der Waals surface area (Å²) in [5.74, 6) is -1.61. The lowest BCUT2D eigenvalue weighted by Gasteiger charge is -2.35. The Labute approximate surface area is 149 Å². The summed E-state index contributed by atoms with van der Waals surface area (Å²) >= 11 is 0. The van der Waals surface area contributed by atoms with Gasteiger partial charge in [0.25, 0.3) is 6.43 Å². The minimum absolute atomic E-state index is 0.00899. The predicted octanol–water partition coefficient (Wildman–Crippen LogP) is 1.19. The van der Waals surface area contributed by atoms with Gasteiger partial charge in [-0.25, -0.2) is 13.2 Å². The molecule has 2 fully saturated rings. The van der Waals surface area contributed by atoms with Crippen LogP contribution in [0.4, 0.5) is 13.2 Å². The summed E-state index contributed by atoms with van der Waals surface area (Å²) in [5.41, 5.74) is -0.964. The van der Waals surface area contributed by atoms with Gasteiger partial charge in [0.1, 0.15) is 12.1 Å². The number of benzene rings is 1. The Morgan fingerprint density at radius 3 is 2.58 bits per heavy atom. The number of hydrogen-bond donors (Lipinski definition) is 3. The molecule has 26 heavy (non-hydrogen) atoms. The highest BCUT2D eigenvalue weighted by Gasteiger charge is 2.47. The summed E-state index contributed by atoms with van der Waals surface area (Å²) in [4.78, 5) is 26.2. The SMILES string of the molecule is CN(C)C1NC(=O)CC(C(=O)NC2(c3ccc(C(F)F)c(F)c3)CC2)N1. The van der Waals surface area contributed by atoms with E-state index in [2.05, 4.69) is 16.0 Å². The van der Waals surface area contributed by atoms with Gasteiger partial charge < -0.3 is 10.6 Å². The van der Waals surface area contributed by atoms with Crippen molar-refractivity contribution in [3.63, 3.8) is 0 Å². The Hall–Kier alpha value is -2.13. The fraction of sp³-hybridized carbons (Fsp3) is 0.529. The maximum absolute atomic E-state index is 13.9. The molecule has 0 spiro atoms. The van der Waals surface area contributed by atoms with Gasteiger partial charge in [-0.3, -0.25) is 19.8 Å². The van der Waals surface area contributed by atoms with E-state index >= 15 is 0 Å². The highest BCUT2D eigenvalue weighted by Crippen LogP contribution is 2.46. The normalized spacial score (nSPS) is 24.5. The van der Waals surface area contributed by atoms with Crippen LogP contribution in [0.3, 0.4) is 0 Å². The van der Waals surface area contributed by atoms with Crippen LogP contribution in [0.15, 0.2) is 18.2 Å². The zero-order valence-electron chi connectivity index (χ0n) is 14.5.